The SMILES string of the molecule is Cc1cnc(N2CCC3(CC2)CCN(C(=O)N(C)C)c2ccccc23)s1. The number of hydrogen-bond donors (Lipinski definition) is 0. The predicted molar refractivity (Wildman–Crippen MR) is 107 cm³/mol. The van der Waals surface area contributed by atoms with Gasteiger partial charge in [0.1, 0.15) is 0 Å². The molecule has 1 aromatic heterocycles. The van der Waals surface area contributed by atoms with E-state index in [9.17, 15) is 4.79 Å². The average Bonchev–Trinajstić information content (AvgIpc) is 3.09. The number of hydrogen-bond acceptors (Lipinski definition) is 4. The zero-order chi connectivity index (χ0) is 18.3. The number of fused-ring (bicyclic) bond motifs is 2. The van der Waals surface area contributed by atoms with Crippen molar-refractivity contribution in [2.24, 2.45) is 0 Å². The highest BCUT2D eigenvalue weighted by atomic mass is 32.1. The van der Waals surface area contributed by atoms with Gasteiger partial charge in [0.2, 0.25) is 0 Å². The maximum atomic E-state index is 12.6. The van der Waals surface area contributed by atoms with Gasteiger partial charge in [0, 0.05) is 55.9 Å². The molecule has 0 bridgehead atoms. The fourth-order valence-corrected chi connectivity index (χ4v) is 5.12. The van der Waals surface area contributed by atoms with E-state index in [1.807, 2.05) is 31.3 Å². The van der Waals surface area contributed by atoms with Gasteiger partial charge >= 0.3 is 6.03 Å². The second-order valence-electron chi connectivity index (χ2n) is 7.62. The summed E-state index contributed by atoms with van der Waals surface area (Å²) in [5, 5.41) is 1.14. The number of urea groups is 1. The minimum atomic E-state index is 0.0722. The number of benzene rings is 1. The van der Waals surface area contributed by atoms with Crippen LogP contribution in [0.1, 0.15) is 29.7 Å². The van der Waals surface area contributed by atoms with Crippen molar-refractivity contribution in [3.8, 4) is 0 Å². The Bertz CT molecular complexity index is 808. The zero-order valence-electron chi connectivity index (χ0n) is 15.7. The molecule has 2 aromatic rings. The van der Waals surface area contributed by atoms with Gasteiger partial charge in [-0.15, -0.1) is 11.3 Å². The summed E-state index contributed by atoms with van der Waals surface area (Å²) < 4.78 is 0. The highest BCUT2D eigenvalue weighted by molar-refractivity contribution is 7.15. The Morgan fingerprint density at radius 2 is 1.85 bits per heavy atom. The molecular weight excluding hydrogens is 344 g/mol. The van der Waals surface area contributed by atoms with Crippen LogP contribution in [0.25, 0.3) is 0 Å². The maximum Gasteiger partial charge on any atom is 0.323 e. The minimum Gasteiger partial charge on any atom is -0.348 e. The molecule has 2 aliphatic rings. The molecule has 2 amide bonds. The summed E-state index contributed by atoms with van der Waals surface area (Å²) in [7, 11) is 3.65. The summed E-state index contributed by atoms with van der Waals surface area (Å²) in [6, 6.07) is 8.56. The lowest BCUT2D eigenvalue weighted by molar-refractivity contribution is 0.219. The van der Waals surface area contributed by atoms with Crippen LogP contribution in [0, 0.1) is 6.92 Å². The van der Waals surface area contributed by atoms with Gasteiger partial charge in [0.05, 0.1) is 0 Å². The predicted octanol–water partition coefficient (Wildman–Crippen LogP) is 3.88. The molecule has 26 heavy (non-hydrogen) atoms. The van der Waals surface area contributed by atoms with Crippen molar-refractivity contribution < 1.29 is 4.79 Å². The maximum absolute atomic E-state index is 12.6. The quantitative estimate of drug-likeness (QED) is 0.765. The number of anilines is 2. The molecule has 0 radical (unpaired) electrons. The molecule has 5 nitrogen and oxygen atoms in total. The Hall–Kier alpha value is -2.08. The molecule has 1 saturated heterocycles. The first kappa shape index (κ1) is 17.3. The van der Waals surface area contributed by atoms with Gasteiger partial charge in [0.15, 0.2) is 5.13 Å². The molecule has 138 valence electrons. The minimum absolute atomic E-state index is 0.0722. The van der Waals surface area contributed by atoms with E-state index in [-0.39, 0.29) is 11.4 Å². The van der Waals surface area contributed by atoms with Crippen molar-refractivity contribution >= 4 is 28.2 Å². The second kappa shape index (κ2) is 6.58. The van der Waals surface area contributed by atoms with Gasteiger partial charge in [-0.3, -0.25) is 4.90 Å². The Morgan fingerprint density at radius 1 is 1.15 bits per heavy atom. The largest absolute Gasteiger partial charge is 0.348 e. The summed E-state index contributed by atoms with van der Waals surface area (Å²) in [6.07, 6.45) is 5.23. The summed E-state index contributed by atoms with van der Waals surface area (Å²) in [4.78, 5) is 24.5. The summed E-state index contributed by atoms with van der Waals surface area (Å²) in [5.41, 5.74) is 2.62. The van der Waals surface area contributed by atoms with E-state index in [0.29, 0.717) is 0 Å². The van der Waals surface area contributed by atoms with Crippen LogP contribution in [0.3, 0.4) is 0 Å². The van der Waals surface area contributed by atoms with Crippen LogP contribution >= 0.6 is 11.3 Å². The molecule has 4 rings (SSSR count). The van der Waals surface area contributed by atoms with E-state index < -0.39 is 0 Å². The lowest BCUT2D eigenvalue weighted by Crippen LogP contribution is -2.50. The first-order valence-electron chi connectivity index (χ1n) is 9.26. The van der Waals surface area contributed by atoms with E-state index in [1.54, 1.807) is 16.2 Å². The fourth-order valence-electron chi connectivity index (χ4n) is 4.31. The highest BCUT2D eigenvalue weighted by Gasteiger charge is 2.43. The molecule has 3 heterocycles. The molecule has 0 atom stereocenters. The number of nitrogens with zero attached hydrogens (tertiary/aromatic N) is 4. The number of carbonyl (C=O) groups excluding carboxylic acids is 1. The monoisotopic (exact) mass is 370 g/mol. The molecule has 1 aromatic carbocycles. The third-order valence-corrected chi connectivity index (χ3v) is 6.77. The number of rotatable bonds is 1. The van der Waals surface area contributed by atoms with Crippen molar-refractivity contribution in [1.82, 2.24) is 9.88 Å². The third kappa shape index (κ3) is 2.86. The lowest BCUT2D eigenvalue weighted by atomic mass is 9.68. The van der Waals surface area contributed by atoms with Crippen molar-refractivity contribution in [3.05, 3.63) is 40.9 Å². The molecule has 2 aliphatic heterocycles. The van der Waals surface area contributed by atoms with Gasteiger partial charge in [-0.1, -0.05) is 18.2 Å². The zero-order valence-corrected chi connectivity index (χ0v) is 16.6. The first-order chi connectivity index (χ1) is 12.5. The number of aryl methyl sites for hydroxylation is 1. The van der Waals surface area contributed by atoms with E-state index in [4.69, 9.17) is 0 Å². The molecule has 1 fully saturated rings. The molecule has 0 saturated carbocycles. The van der Waals surface area contributed by atoms with Gasteiger partial charge in [-0.05, 0) is 37.8 Å². The van der Waals surface area contributed by atoms with Gasteiger partial charge < -0.3 is 9.80 Å². The Labute approximate surface area is 159 Å². The normalized spacial score (nSPS) is 18.7. The van der Waals surface area contributed by atoms with Gasteiger partial charge in [-0.2, -0.15) is 0 Å². The van der Waals surface area contributed by atoms with Crippen molar-refractivity contribution in [2.75, 3.05) is 43.5 Å². The first-order valence-corrected chi connectivity index (χ1v) is 10.1. The number of amides is 2. The van der Waals surface area contributed by atoms with Crippen LogP contribution in [0.4, 0.5) is 15.6 Å². The number of aromatic nitrogens is 1. The third-order valence-electron chi connectivity index (χ3n) is 5.79. The Balaban J connectivity index is 1.60. The smallest absolute Gasteiger partial charge is 0.323 e. The van der Waals surface area contributed by atoms with Crippen molar-refractivity contribution in [1.29, 1.82) is 0 Å². The Kier molecular flexibility index (Phi) is 4.39. The van der Waals surface area contributed by atoms with E-state index in [1.165, 1.54) is 10.4 Å². The average molecular weight is 371 g/mol. The number of carbonyl (C=O) groups is 1. The van der Waals surface area contributed by atoms with Crippen LogP contribution in [-0.2, 0) is 5.41 Å². The topological polar surface area (TPSA) is 39.7 Å². The van der Waals surface area contributed by atoms with E-state index in [2.05, 4.69) is 35.0 Å². The molecule has 0 aliphatic carbocycles. The number of para-hydroxylation sites is 1. The van der Waals surface area contributed by atoms with E-state index >= 15 is 0 Å². The number of piperidine rings is 1. The molecule has 0 N–H and O–H groups in total. The number of thiazole rings is 1. The Morgan fingerprint density at radius 3 is 2.50 bits per heavy atom. The van der Waals surface area contributed by atoms with Crippen molar-refractivity contribution in [3.63, 3.8) is 0 Å². The summed E-state index contributed by atoms with van der Waals surface area (Å²) in [5.74, 6) is 0. The molecule has 1 spiro atoms. The van der Waals surface area contributed by atoms with Crippen LogP contribution in [0.15, 0.2) is 30.5 Å². The van der Waals surface area contributed by atoms with Crippen LogP contribution in [-0.4, -0.2) is 49.6 Å². The highest BCUT2D eigenvalue weighted by Crippen LogP contribution is 2.47. The molecule has 6 heteroatoms. The van der Waals surface area contributed by atoms with Gasteiger partial charge in [-0.25, -0.2) is 9.78 Å². The second-order valence-corrected chi connectivity index (χ2v) is 8.83. The van der Waals surface area contributed by atoms with Crippen LogP contribution in [0.5, 0.6) is 0 Å². The van der Waals surface area contributed by atoms with Crippen molar-refractivity contribution in [2.45, 2.75) is 31.6 Å². The lowest BCUT2D eigenvalue weighted by Gasteiger charge is -2.48. The standard InChI is InChI=1S/C20H26N4OS/c1-15-14-21-18(26-15)23-11-8-20(9-12-23)10-13-24(19(25)22(2)3)17-7-5-4-6-16(17)20/h4-7,14H,8-13H2,1-3H3. The summed E-state index contributed by atoms with van der Waals surface area (Å²) >= 11 is 1.78. The molecular formula is C20H26N4OS. The van der Waals surface area contributed by atoms with Crippen LogP contribution < -0.4 is 9.80 Å². The fraction of sp³-hybridized carbons (Fsp3) is 0.500. The molecule has 0 unspecified atom stereocenters. The van der Waals surface area contributed by atoms with Gasteiger partial charge in [0.25, 0.3) is 0 Å². The van der Waals surface area contributed by atoms with Crippen LogP contribution in [0.2, 0.25) is 0 Å². The van der Waals surface area contributed by atoms with E-state index in [0.717, 1.165) is 49.7 Å². The summed E-state index contributed by atoms with van der Waals surface area (Å²) in [6.45, 7) is 4.97.